The van der Waals surface area contributed by atoms with Gasteiger partial charge in [-0.25, -0.2) is 0 Å². The summed E-state index contributed by atoms with van der Waals surface area (Å²) in [6.45, 7) is 0. The number of hydrogen-bond donors (Lipinski definition) is 0. The van der Waals surface area contributed by atoms with E-state index in [1.165, 1.54) is 0 Å². The molecular weight excluding hydrogens is 203 g/mol. The Morgan fingerprint density at radius 2 is 1.41 bits per heavy atom. The molecule has 17 heavy (non-hydrogen) atoms. The molecule has 0 heterocycles. The predicted molar refractivity (Wildman–Crippen MR) is 67.4 cm³/mol. The van der Waals surface area contributed by atoms with Crippen molar-refractivity contribution in [3.8, 4) is 0 Å². The summed E-state index contributed by atoms with van der Waals surface area (Å²) >= 11 is 0. The van der Waals surface area contributed by atoms with Crippen LogP contribution < -0.4 is 18.9 Å². The van der Waals surface area contributed by atoms with E-state index in [9.17, 15) is 4.79 Å². The van der Waals surface area contributed by atoms with Gasteiger partial charge in [0.2, 0.25) is 0 Å². The van der Waals surface area contributed by atoms with Gasteiger partial charge in [0, 0.05) is 5.56 Å². The van der Waals surface area contributed by atoms with Crippen molar-refractivity contribution in [1.29, 1.82) is 0 Å². The summed E-state index contributed by atoms with van der Waals surface area (Å²) in [6.07, 6.45) is 3.43. The molecule has 2 aromatic rings. The largest absolute Gasteiger partial charge is 1.00 e. The maximum absolute atomic E-state index is 11.7. The van der Waals surface area contributed by atoms with Crippen molar-refractivity contribution in [2.24, 2.45) is 0 Å². The Bertz CT molecular complexity index is 494. The van der Waals surface area contributed by atoms with Gasteiger partial charge in [-0.3, -0.25) is 4.79 Å². The van der Waals surface area contributed by atoms with Gasteiger partial charge in [-0.1, -0.05) is 66.7 Å². The van der Waals surface area contributed by atoms with E-state index in [0.29, 0.717) is 0 Å². The monoisotopic (exact) mass is 216 g/mol. The van der Waals surface area contributed by atoms with Gasteiger partial charge in [-0.15, -0.1) is 0 Å². The van der Waals surface area contributed by atoms with E-state index in [-0.39, 0.29) is 26.1 Å². The zero-order valence-corrected chi connectivity index (χ0v) is 9.84. The van der Waals surface area contributed by atoms with Gasteiger partial charge in [0.25, 0.3) is 0 Å². The summed E-state index contributed by atoms with van der Waals surface area (Å²) in [6, 6.07) is 19.1. The third-order valence-corrected chi connectivity index (χ3v) is 2.29. The number of allylic oxidation sites excluding steroid dienone is 1. The first-order valence-electron chi connectivity index (χ1n) is 5.19. The van der Waals surface area contributed by atoms with Gasteiger partial charge in [-0.2, -0.15) is 0 Å². The summed E-state index contributed by atoms with van der Waals surface area (Å²) in [7, 11) is 0. The molecule has 0 aliphatic heterocycles. The molecule has 0 aliphatic carbocycles. The fourth-order valence-electron chi connectivity index (χ4n) is 1.43. The van der Waals surface area contributed by atoms with Crippen LogP contribution in [0.5, 0.6) is 0 Å². The minimum absolute atomic E-state index is 0. The van der Waals surface area contributed by atoms with Crippen LogP contribution in [0, 0.1) is 0 Å². The van der Waals surface area contributed by atoms with Crippen molar-refractivity contribution in [3.63, 3.8) is 0 Å². The average molecular weight is 216 g/mol. The van der Waals surface area contributed by atoms with Crippen molar-refractivity contribution in [1.82, 2.24) is 0 Å². The molecule has 2 rings (SSSR count). The van der Waals surface area contributed by atoms with Crippen LogP contribution in [0.4, 0.5) is 0 Å². The quantitative estimate of drug-likeness (QED) is 0.419. The molecule has 0 bridgehead atoms. The normalized spacial score (nSPS) is 9.88. The van der Waals surface area contributed by atoms with Crippen molar-refractivity contribution >= 4 is 11.9 Å². The van der Waals surface area contributed by atoms with E-state index < -0.39 is 0 Å². The Hall–Kier alpha value is -1.55. The Morgan fingerprint density at radius 3 is 2.00 bits per heavy atom. The van der Waals surface area contributed by atoms with Crippen LogP contribution in [-0.4, -0.2) is 5.78 Å². The van der Waals surface area contributed by atoms with E-state index in [1.807, 2.05) is 66.7 Å². The number of carbonyl (C=O) groups excluding carboxylic acids is 1. The molecule has 0 aliphatic rings. The number of benzene rings is 2. The number of hydrogen-bond acceptors (Lipinski definition) is 1. The molecule has 0 fully saturated rings. The minimum Gasteiger partial charge on any atom is -1.00 e. The second-order valence-electron chi connectivity index (χ2n) is 3.47. The molecule has 2 heteroatoms. The third-order valence-electron chi connectivity index (χ3n) is 2.29. The topological polar surface area (TPSA) is 17.1 Å². The number of carbonyl (C=O) groups is 1. The second kappa shape index (κ2) is 6.91. The van der Waals surface area contributed by atoms with Gasteiger partial charge >= 0.3 is 18.9 Å². The van der Waals surface area contributed by atoms with Crippen molar-refractivity contribution in [2.45, 2.75) is 0 Å². The second-order valence-corrected chi connectivity index (χ2v) is 3.47. The van der Waals surface area contributed by atoms with Crippen LogP contribution in [0.3, 0.4) is 0 Å². The van der Waals surface area contributed by atoms with Crippen LogP contribution in [0.2, 0.25) is 0 Å². The van der Waals surface area contributed by atoms with Crippen LogP contribution in [0.25, 0.3) is 6.08 Å². The molecule has 1 nitrogen and oxygen atoms in total. The molecule has 0 unspecified atom stereocenters. The molecule has 0 aromatic heterocycles. The maximum Gasteiger partial charge on any atom is 1.00 e. The smallest absolute Gasteiger partial charge is 1.00 e. The van der Waals surface area contributed by atoms with Crippen LogP contribution in [-0.2, 0) is 0 Å². The predicted octanol–water partition coefficient (Wildman–Crippen LogP) is 0.699. The van der Waals surface area contributed by atoms with Crippen LogP contribution in [0.1, 0.15) is 17.3 Å². The van der Waals surface area contributed by atoms with E-state index in [2.05, 4.69) is 0 Å². The van der Waals surface area contributed by atoms with Gasteiger partial charge in [0.15, 0.2) is 5.78 Å². The van der Waals surface area contributed by atoms with Crippen LogP contribution >= 0.6 is 0 Å². The van der Waals surface area contributed by atoms with E-state index in [4.69, 9.17) is 0 Å². The summed E-state index contributed by atoms with van der Waals surface area (Å²) in [5.74, 6) is 0.0319. The Kier molecular flexibility index (Phi) is 5.49. The summed E-state index contributed by atoms with van der Waals surface area (Å²) in [5.41, 5.74) is 1.75. The van der Waals surface area contributed by atoms with E-state index >= 15 is 0 Å². The third kappa shape index (κ3) is 4.07. The molecule has 2 aromatic carbocycles. The summed E-state index contributed by atoms with van der Waals surface area (Å²) < 4.78 is 0. The van der Waals surface area contributed by atoms with Gasteiger partial charge in [-0.05, 0) is 11.6 Å². The molecule has 0 saturated heterocycles. The molecule has 0 saturated carbocycles. The molecular formula is C15H13LiO. The van der Waals surface area contributed by atoms with Gasteiger partial charge < -0.3 is 1.43 Å². The zero-order valence-electron chi connectivity index (χ0n) is 10.8. The van der Waals surface area contributed by atoms with Crippen molar-refractivity contribution in [3.05, 3.63) is 77.9 Å². The Labute approximate surface area is 115 Å². The first-order valence-corrected chi connectivity index (χ1v) is 5.19. The van der Waals surface area contributed by atoms with E-state index in [0.717, 1.165) is 11.1 Å². The molecule has 80 valence electrons. The first kappa shape index (κ1) is 13.5. The van der Waals surface area contributed by atoms with Crippen LogP contribution in [0.15, 0.2) is 66.7 Å². The fourth-order valence-corrected chi connectivity index (χ4v) is 1.43. The standard InChI is InChI=1S/C15H12O.Li.H/c16-15(14-9-5-2-6-10-14)12-11-13-7-3-1-4-8-13;;/h1-12H;;/q;+1;-1/b12-11+;;. The van der Waals surface area contributed by atoms with Crippen molar-refractivity contribution < 1.29 is 25.1 Å². The minimum atomic E-state index is 0. The van der Waals surface area contributed by atoms with Gasteiger partial charge in [0.05, 0.1) is 0 Å². The summed E-state index contributed by atoms with van der Waals surface area (Å²) in [4.78, 5) is 11.7. The fraction of sp³-hybridized carbons (Fsp3) is 0. The molecule has 0 spiro atoms. The molecule has 0 N–H and O–H groups in total. The first-order chi connectivity index (χ1) is 7.86. The number of ketones is 1. The summed E-state index contributed by atoms with van der Waals surface area (Å²) in [5, 5.41) is 0. The number of rotatable bonds is 3. The van der Waals surface area contributed by atoms with Gasteiger partial charge in [0.1, 0.15) is 0 Å². The Morgan fingerprint density at radius 1 is 0.882 bits per heavy atom. The van der Waals surface area contributed by atoms with Crippen molar-refractivity contribution in [2.75, 3.05) is 0 Å². The molecule has 0 radical (unpaired) electrons. The zero-order chi connectivity index (χ0) is 11.2. The molecule has 0 amide bonds. The SMILES string of the molecule is O=C(/C=C/c1ccccc1)c1ccccc1.[H-].[Li+]. The molecule has 0 atom stereocenters. The van der Waals surface area contributed by atoms with E-state index in [1.54, 1.807) is 6.08 Å². The maximum atomic E-state index is 11.7. The Balaban J connectivity index is 0.00000144. The average Bonchev–Trinajstić information content (AvgIpc) is 2.38.